The van der Waals surface area contributed by atoms with Crippen LogP contribution in [0.2, 0.25) is 0 Å². The Balaban J connectivity index is 1.91. The predicted octanol–water partition coefficient (Wildman–Crippen LogP) is 4.27. The molecule has 1 atom stereocenters. The molecule has 0 fully saturated rings. The number of nitrogens with zero attached hydrogens (tertiary/aromatic N) is 1. The minimum atomic E-state index is -0.589. The minimum Gasteiger partial charge on any atom is -0.386 e. The second-order valence-electron chi connectivity index (χ2n) is 4.76. The molecule has 100 valence electrons. The average Bonchev–Trinajstić information content (AvgIpc) is 2.48. The monoisotopic (exact) mass is 327 g/mol. The SMILES string of the molecule is OC(Cc1cccc2ccccc12)c1ccc(Br)cn1. The van der Waals surface area contributed by atoms with E-state index in [1.165, 1.54) is 10.8 Å². The Morgan fingerprint density at radius 1 is 1.00 bits per heavy atom. The molecule has 3 rings (SSSR count). The van der Waals surface area contributed by atoms with Crippen LogP contribution in [0.3, 0.4) is 0 Å². The summed E-state index contributed by atoms with van der Waals surface area (Å²) in [6.07, 6.45) is 1.69. The van der Waals surface area contributed by atoms with Gasteiger partial charge in [-0.1, -0.05) is 42.5 Å². The van der Waals surface area contributed by atoms with Crippen LogP contribution in [0.5, 0.6) is 0 Å². The first-order chi connectivity index (χ1) is 9.74. The van der Waals surface area contributed by atoms with E-state index in [0.717, 1.165) is 10.0 Å². The molecular formula is C17H14BrNO. The van der Waals surface area contributed by atoms with Crippen LogP contribution in [-0.4, -0.2) is 10.1 Å². The van der Waals surface area contributed by atoms with E-state index in [0.29, 0.717) is 12.1 Å². The summed E-state index contributed by atoms with van der Waals surface area (Å²) in [4.78, 5) is 4.26. The van der Waals surface area contributed by atoms with Crippen molar-refractivity contribution in [3.05, 3.63) is 76.5 Å². The maximum atomic E-state index is 10.3. The smallest absolute Gasteiger partial charge is 0.1000 e. The summed E-state index contributed by atoms with van der Waals surface area (Å²) in [5.74, 6) is 0. The highest BCUT2D eigenvalue weighted by Crippen LogP contribution is 2.24. The number of hydrogen-bond acceptors (Lipinski definition) is 2. The van der Waals surface area contributed by atoms with E-state index in [1.54, 1.807) is 6.20 Å². The van der Waals surface area contributed by atoms with Gasteiger partial charge in [0.2, 0.25) is 0 Å². The van der Waals surface area contributed by atoms with Gasteiger partial charge in [-0.3, -0.25) is 4.98 Å². The van der Waals surface area contributed by atoms with E-state index in [-0.39, 0.29) is 0 Å². The van der Waals surface area contributed by atoms with Gasteiger partial charge in [-0.25, -0.2) is 0 Å². The van der Waals surface area contributed by atoms with Crippen LogP contribution in [0.4, 0.5) is 0 Å². The number of halogens is 1. The summed E-state index contributed by atoms with van der Waals surface area (Å²) in [6, 6.07) is 18.1. The third-order valence-corrected chi connectivity index (χ3v) is 3.85. The maximum absolute atomic E-state index is 10.3. The van der Waals surface area contributed by atoms with Crippen molar-refractivity contribution in [3.63, 3.8) is 0 Å². The summed E-state index contributed by atoms with van der Waals surface area (Å²) in [5, 5.41) is 12.7. The van der Waals surface area contributed by atoms with Crippen molar-refractivity contribution in [2.75, 3.05) is 0 Å². The molecule has 0 spiro atoms. The maximum Gasteiger partial charge on any atom is 0.1000 e. The fourth-order valence-corrected chi connectivity index (χ4v) is 2.60. The predicted molar refractivity (Wildman–Crippen MR) is 84.5 cm³/mol. The average molecular weight is 328 g/mol. The molecule has 0 radical (unpaired) electrons. The van der Waals surface area contributed by atoms with Crippen molar-refractivity contribution < 1.29 is 5.11 Å². The molecule has 1 aromatic heterocycles. The lowest BCUT2D eigenvalue weighted by atomic mass is 9.98. The van der Waals surface area contributed by atoms with Gasteiger partial charge >= 0.3 is 0 Å². The van der Waals surface area contributed by atoms with E-state index < -0.39 is 6.10 Å². The van der Waals surface area contributed by atoms with Crippen LogP contribution in [0.15, 0.2) is 65.3 Å². The van der Waals surface area contributed by atoms with Crippen LogP contribution in [-0.2, 0) is 6.42 Å². The summed E-state index contributed by atoms with van der Waals surface area (Å²) >= 11 is 3.35. The fourth-order valence-electron chi connectivity index (χ4n) is 2.37. The minimum absolute atomic E-state index is 0.565. The van der Waals surface area contributed by atoms with Crippen LogP contribution in [0.1, 0.15) is 17.4 Å². The molecule has 0 amide bonds. The second kappa shape index (κ2) is 5.73. The van der Waals surface area contributed by atoms with Crippen LogP contribution < -0.4 is 0 Å². The Morgan fingerprint density at radius 2 is 1.80 bits per heavy atom. The zero-order valence-corrected chi connectivity index (χ0v) is 12.4. The first kappa shape index (κ1) is 13.3. The summed E-state index contributed by atoms with van der Waals surface area (Å²) in [6.45, 7) is 0. The number of rotatable bonds is 3. The van der Waals surface area contributed by atoms with Gasteiger partial charge in [0.15, 0.2) is 0 Å². The van der Waals surface area contributed by atoms with Crippen molar-refractivity contribution in [1.82, 2.24) is 4.98 Å². The topological polar surface area (TPSA) is 33.1 Å². The van der Waals surface area contributed by atoms with E-state index in [2.05, 4.69) is 45.2 Å². The van der Waals surface area contributed by atoms with E-state index >= 15 is 0 Å². The zero-order chi connectivity index (χ0) is 13.9. The lowest BCUT2D eigenvalue weighted by Gasteiger charge is -2.12. The van der Waals surface area contributed by atoms with Crippen molar-refractivity contribution >= 4 is 26.7 Å². The molecule has 0 saturated carbocycles. The standard InChI is InChI=1S/C17H14BrNO/c18-14-8-9-16(19-11-14)17(20)10-13-6-3-5-12-4-1-2-7-15(12)13/h1-9,11,17,20H,10H2. The molecule has 20 heavy (non-hydrogen) atoms. The molecule has 2 aromatic carbocycles. The van der Waals surface area contributed by atoms with Crippen LogP contribution in [0.25, 0.3) is 10.8 Å². The van der Waals surface area contributed by atoms with E-state index in [9.17, 15) is 5.11 Å². The van der Waals surface area contributed by atoms with Gasteiger partial charge in [-0.05, 0) is 44.4 Å². The Morgan fingerprint density at radius 3 is 2.60 bits per heavy atom. The lowest BCUT2D eigenvalue weighted by Crippen LogP contribution is -2.04. The van der Waals surface area contributed by atoms with Crippen LogP contribution >= 0.6 is 15.9 Å². The molecule has 0 aliphatic carbocycles. The molecule has 0 saturated heterocycles. The van der Waals surface area contributed by atoms with Gasteiger partial charge in [-0.15, -0.1) is 0 Å². The Labute approximate surface area is 126 Å². The van der Waals surface area contributed by atoms with E-state index in [4.69, 9.17) is 0 Å². The number of fused-ring (bicyclic) bond motifs is 1. The van der Waals surface area contributed by atoms with Crippen LogP contribution in [0, 0.1) is 0 Å². The van der Waals surface area contributed by atoms with Gasteiger partial charge in [0.1, 0.15) is 0 Å². The summed E-state index contributed by atoms with van der Waals surface area (Å²) < 4.78 is 0.915. The van der Waals surface area contributed by atoms with Gasteiger partial charge in [0.25, 0.3) is 0 Å². The fraction of sp³-hybridized carbons (Fsp3) is 0.118. The molecule has 2 nitrogen and oxygen atoms in total. The van der Waals surface area contributed by atoms with Gasteiger partial charge in [0.05, 0.1) is 11.8 Å². The third-order valence-electron chi connectivity index (χ3n) is 3.38. The number of aromatic nitrogens is 1. The van der Waals surface area contributed by atoms with Crippen molar-refractivity contribution in [2.45, 2.75) is 12.5 Å². The van der Waals surface area contributed by atoms with Crippen molar-refractivity contribution in [1.29, 1.82) is 0 Å². The number of pyridine rings is 1. The molecule has 1 N–H and O–H groups in total. The largest absolute Gasteiger partial charge is 0.386 e. The summed E-state index contributed by atoms with van der Waals surface area (Å²) in [5.41, 5.74) is 1.83. The first-order valence-electron chi connectivity index (χ1n) is 6.50. The lowest BCUT2D eigenvalue weighted by molar-refractivity contribution is 0.174. The molecule has 1 heterocycles. The van der Waals surface area contributed by atoms with Crippen molar-refractivity contribution in [2.24, 2.45) is 0 Å². The number of aliphatic hydroxyl groups excluding tert-OH is 1. The number of benzene rings is 2. The third kappa shape index (κ3) is 2.74. The van der Waals surface area contributed by atoms with E-state index in [1.807, 2.05) is 30.3 Å². The van der Waals surface area contributed by atoms with Gasteiger partial charge < -0.3 is 5.11 Å². The Bertz CT molecular complexity index is 719. The summed E-state index contributed by atoms with van der Waals surface area (Å²) in [7, 11) is 0. The normalized spacial score (nSPS) is 12.5. The van der Waals surface area contributed by atoms with Crippen molar-refractivity contribution in [3.8, 4) is 0 Å². The molecule has 3 aromatic rings. The quantitative estimate of drug-likeness (QED) is 0.779. The second-order valence-corrected chi connectivity index (χ2v) is 5.68. The number of hydrogen-bond donors (Lipinski definition) is 1. The molecule has 0 aliphatic heterocycles. The Kier molecular flexibility index (Phi) is 3.81. The van der Waals surface area contributed by atoms with Gasteiger partial charge in [0, 0.05) is 17.1 Å². The molecular weight excluding hydrogens is 314 g/mol. The highest BCUT2D eigenvalue weighted by atomic mass is 79.9. The molecule has 1 unspecified atom stereocenters. The highest BCUT2D eigenvalue weighted by molar-refractivity contribution is 9.10. The Hall–Kier alpha value is -1.71. The molecule has 0 bridgehead atoms. The zero-order valence-electron chi connectivity index (χ0n) is 10.8. The first-order valence-corrected chi connectivity index (χ1v) is 7.29. The molecule has 0 aliphatic rings. The highest BCUT2D eigenvalue weighted by Gasteiger charge is 2.11. The molecule has 3 heteroatoms. The van der Waals surface area contributed by atoms with Gasteiger partial charge in [-0.2, -0.15) is 0 Å². The number of aliphatic hydroxyl groups is 1.